The quantitative estimate of drug-likeness (QED) is 0.0221. The van der Waals surface area contributed by atoms with E-state index in [-0.39, 0.29) is 31.8 Å². The van der Waals surface area contributed by atoms with Crippen LogP contribution in [-0.2, 0) is 19.1 Å². The first-order valence-electron chi connectivity index (χ1n) is 20.2. The van der Waals surface area contributed by atoms with Gasteiger partial charge < -0.3 is 29.9 Å². The molecule has 0 saturated heterocycles. The number of hydrogen-bond acceptors (Lipinski definition) is 8. The molecule has 294 valence electrons. The lowest BCUT2D eigenvalue weighted by Gasteiger charge is -2.17. The molecule has 51 heavy (non-hydrogen) atoms. The largest absolute Gasteiger partial charge is 0.462 e. The average molecular weight is 719 g/mol. The van der Waals surface area contributed by atoms with Crippen molar-refractivity contribution < 1.29 is 39.5 Å². The van der Waals surface area contributed by atoms with Gasteiger partial charge in [0.2, 0.25) is 0 Å². The molecule has 0 spiro atoms. The van der Waals surface area contributed by atoms with Crippen LogP contribution >= 0.6 is 0 Å². The Balaban J connectivity index is 3.88. The van der Waals surface area contributed by atoms with Gasteiger partial charge in [-0.1, -0.05) is 177 Å². The zero-order valence-electron chi connectivity index (χ0n) is 32.2. The molecule has 4 N–H and O–H groups in total. The van der Waals surface area contributed by atoms with Crippen LogP contribution in [0.5, 0.6) is 0 Å². The van der Waals surface area contributed by atoms with Gasteiger partial charge >= 0.3 is 11.9 Å². The van der Waals surface area contributed by atoms with Crippen LogP contribution in [-0.4, -0.2) is 70.0 Å². The van der Waals surface area contributed by atoms with Gasteiger partial charge in [-0.25, -0.2) is 0 Å². The van der Waals surface area contributed by atoms with Crippen molar-refractivity contribution in [3.05, 3.63) is 60.8 Å². The Morgan fingerprint density at radius 3 is 1.61 bits per heavy atom. The molecule has 0 unspecified atom stereocenters. The lowest BCUT2D eigenvalue weighted by molar-refractivity contribution is -0.161. The van der Waals surface area contributed by atoms with Crippen LogP contribution in [0.25, 0.3) is 0 Å². The van der Waals surface area contributed by atoms with E-state index >= 15 is 0 Å². The van der Waals surface area contributed by atoms with Crippen molar-refractivity contribution in [2.75, 3.05) is 13.2 Å². The molecule has 0 bridgehead atoms. The summed E-state index contributed by atoms with van der Waals surface area (Å²) >= 11 is 0. The minimum absolute atomic E-state index is 0.000993. The van der Waals surface area contributed by atoms with E-state index in [9.17, 15) is 30.0 Å². The van der Waals surface area contributed by atoms with Gasteiger partial charge in [0.05, 0.1) is 24.9 Å². The van der Waals surface area contributed by atoms with E-state index in [1.54, 1.807) is 42.5 Å². The van der Waals surface area contributed by atoms with Gasteiger partial charge in [-0.3, -0.25) is 9.59 Å². The lowest BCUT2D eigenvalue weighted by Crippen LogP contribution is -2.29. The third-order valence-electron chi connectivity index (χ3n) is 8.67. The predicted molar refractivity (Wildman–Crippen MR) is 209 cm³/mol. The Hall–Kier alpha value is -2.52. The van der Waals surface area contributed by atoms with Crippen LogP contribution < -0.4 is 0 Å². The summed E-state index contributed by atoms with van der Waals surface area (Å²) in [6.07, 6.45) is 38.0. The van der Waals surface area contributed by atoms with Crippen molar-refractivity contribution in [3.63, 3.8) is 0 Å². The minimum Gasteiger partial charge on any atom is -0.462 e. The van der Waals surface area contributed by atoms with Crippen molar-refractivity contribution in [2.45, 2.75) is 186 Å². The van der Waals surface area contributed by atoms with Gasteiger partial charge in [-0.15, -0.1) is 0 Å². The number of unbranched alkanes of at least 4 members (excludes halogenated alkanes) is 16. The Morgan fingerprint density at radius 1 is 0.588 bits per heavy atom. The Morgan fingerprint density at radius 2 is 1.08 bits per heavy atom. The summed E-state index contributed by atoms with van der Waals surface area (Å²) in [4.78, 5) is 24.3. The highest BCUT2D eigenvalue weighted by Crippen LogP contribution is 2.15. The SMILES string of the molecule is CC/C=C\C[C@H](O)/C=C/C=C/C=C\C=C/[C@@H](O)[C@H](O)CCCC(=O)O[C@@H](CO)COC(=O)CCCCCCCCCCCCCCCCCCC. The number of allylic oxidation sites excluding steroid dienone is 7. The molecule has 0 aliphatic heterocycles. The van der Waals surface area contributed by atoms with Gasteiger partial charge in [0.1, 0.15) is 6.61 Å². The number of rotatable bonds is 35. The van der Waals surface area contributed by atoms with Crippen molar-refractivity contribution in [1.29, 1.82) is 0 Å². The van der Waals surface area contributed by atoms with Crippen molar-refractivity contribution in [3.8, 4) is 0 Å². The predicted octanol–water partition coefficient (Wildman–Crippen LogP) is 9.31. The van der Waals surface area contributed by atoms with E-state index < -0.39 is 37.0 Å². The second kappa shape index (κ2) is 37.2. The zero-order chi connectivity index (χ0) is 37.6. The van der Waals surface area contributed by atoms with Crippen molar-refractivity contribution in [2.24, 2.45) is 0 Å². The van der Waals surface area contributed by atoms with E-state index in [1.165, 1.54) is 96.0 Å². The van der Waals surface area contributed by atoms with E-state index in [2.05, 4.69) is 6.92 Å². The molecule has 0 amide bonds. The molecule has 8 heteroatoms. The zero-order valence-corrected chi connectivity index (χ0v) is 32.2. The molecule has 0 heterocycles. The Labute approximate surface area is 310 Å². The highest BCUT2D eigenvalue weighted by Gasteiger charge is 2.18. The maximum Gasteiger partial charge on any atom is 0.306 e. The monoisotopic (exact) mass is 719 g/mol. The first-order valence-corrected chi connectivity index (χ1v) is 20.2. The highest BCUT2D eigenvalue weighted by molar-refractivity contribution is 5.70. The topological polar surface area (TPSA) is 134 Å². The molecule has 0 aliphatic carbocycles. The molecule has 4 atom stereocenters. The van der Waals surface area contributed by atoms with Crippen LogP contribution in [0.15, 0.2) is 60.8 Å². The second-order valence-corrected chi connectivity index (χ2v) is 13.6. The normalized spacial score (nSPS) is 14.7. The molecule has 0 aromatic carbocycles. The number of carbonyl (C=O) groups excluding carboxylic acids is 2. The van der Waals surface area contributed by atoms with E-state index in [4.69, 9.17) is 9.47 Å². The third-order valence-corrected chi connectivity index (χ3v) is 8.67. The molecule has 0 radical (unpaired) electrons. The molecule has 0 aromatic rings. The fourth-order valence-electron chi connectivity index (χ4n) is 5.48. The lowest BCUT2D eigenvalue weighted by atomic mass is 10.0. The standard InChI is InChI=1S/C43H74O8/c1-3-5-7-8-9-10-11-12-13-14-15-16-17-18-19-24-28-34-42(48)50-37-39(36-44)51-43(49)35-29-33-41(47)40(46)32-27-23-21-20-22-26-31-38(45)30-25-6-4-2/h6,20-23,25-27,31-32,38-41,44-47H,3-5,7-19,24,28-30,33-37H2,1-2H3/b22-20+,23-21-,25-6-,31-26+,32-27-/t38-,39-,40+,41+/m0/s1. The summed E-state index contributed by atoms with van der Waals surface area (Å²) in [6.45, 7) is 3.66. The summed E-state index contributed by atoms with van der Waals surface area (Å²) in [5.41, 5.74) is 0. The van der Waals surface area contributed by atoms with E-state index in [1.807, 2.05) is 19.1 Å². The number of esters is 2. The maximum atomic E-state index is 12.2. The van der Waals surface area contributed by atoms with E-state index in [0.29, 0.717) is 12.8 Å². The molecule has 0 rings (SSSR count). The molecule has 0 aliphatic rings. The summed E-state index contributed by atoms with van der Waals surface area (Å²) < 4.78 is 10.4. The summed E-state index contributed by atoms with van der Waals surface area (Å²) in [7, 11) is 0. The molecule has 0 aromatic heterocycles. The van der Waals surface area contributed by atoms with Crippen molar-refractivity contribution >= 4 is 11.9 Å². The number of aliphatic hydroxyl groups excluding tert-OH is 4. The fraction of sp³-hybridized carbons (Fsp3) is 0.721. The van der Waals surface area contributed by atoms with E-state index in [0.717, 1.165) is 25.7 Å². The molecule has 0 fully saturated rings. The molecular weight excluding hydrogens is 644 g/mol. The first-order chi connectivity index (χ1) is 24.8. The Bertz CT molecular complexity index is 954. The third kappa shape index (κ3) is 34.3. The van der Waals surface area contributed by atoms with Gasteiger partial charge in [0.25, 0.3) is 0 Å². The number of carbonyl (C=O) groups is 2. The Kier molecular flexibility index (Phi) is 35.4. The second-order valence-electron chi connectivity index (χ2n) is 13.6. The number of hydrogen-bond donors (Lipinski definition) is 4. The molecule has 8 nitrogen and oxygen atoms in total. The van der Waals surface area contributed by atoms with Gasteiger partial charge in [0, 0.05) is 12.8 Å². The summed E-state index contributed by atoms with van der Waals surface area (Å²) in [5.74, 6) is -0.923. The van der Waals surface area contributed by atoms with Gasteiger partial charge in [-0.2, -0.15) is 0 Å². The fourth-order valence-corrected chi connectivity index (χ4v) is 5.48. The minimum atomic E-state index is -1.09. The summed E-state index contributed by atoms with van der Waals surface area (Å²) in [6, 6.07) is 0. The number of ether oxygens (including phenoxy) is 2. The van der Waals surface area contributed by atoms with Crippen molar-refractivity contribution in [1.82, 2.24) is 0 Å². The van der Waals surface area contributed by atoms with Crippen LogP contribution in [0.4, 0.5) is 0 Å². The molecular formula is C43H74O8. The molecule has 0 saturated carbocycles. The summed E-state index contributed by atoms with van der Waals surface area (Å²) in [5, 5.41) is 39.7. The van der Waals surface area contributed by atoms with Gasteiger partial charge in [-0.05, 0) is 32.1 Å². The van der Waals surface area contributed by atoms with Gasteiger partial charge in [0.15, 0.2) is 6.10 Å². The van der Waals surface area contributed by atoms with Crippen LogP contribution in [0.3, 0.4) is 0 Å². The van der Waals surface area contributed by atoms with Crippen LogP contribution in [0.2, 0.25) is 0 Å². The maximum absolute atomic E-state index is 12.2. The average Bonchev–Trinajstić information content (AvgIpc) is 3.12. The smallest absolute Gasteiger partial charge is 0.306 e. The number of aliphatic hydroxyl groups is 4. The van der Waals surface area contributed by atoms with Crippen LogP contribution in [0, 0.1) is 0 Å². The first kappa shape index (κ1) is 48.5. The highest BCUT2D eigenvalue weighted by atomic mass is 16.6. The van der Waals surface area contributed by atoms with Crippen LogP contribution in [0.1, 0.15) is 162 Å².